The first kappa shape index (κ1) is 18.3. The summed E-state index contributed by atoms with van der Waals surface area (Å²) < 4.78 is 5.95. The average molecular weight is 344 g/mol. The van der Waals surface area contributed by atoms with Crippen LogP contribution >= 0.6 is 0 Å². The molecule has 0 bridgehead atoms. The maximum Gasteiger partial charge on any atom is 0.120 e. The molecule has 0 saturated carbocycles. The maximum atomic E-state index is 5.95. The zero-order valence-electron chi connectivity index (χ0n) is 16.3. The first-order valence-electron chi connectivity index (χ1n) is 9.39. The van der Waals surface area contributed by atoms with Gasteiger partial charge in [-0.15, -0.1) is 0 Å². The molecule has 0 N–H and O–H groups in total. The largest absolute Gasteiger partial charge is 0.489 e. The zero-order valence-corrected chi connectivity index (χ0v) is 16.3. The molecule has 0 spiro atoms. The standard InChI is InChI=1S/C25H28O/c1-18(2)13-21-5-9-23(10-6-21)24-11-7-22(8-12-24)17-26-25-15-19(3)14-20(4)16-25/h5-12,14-16,18H,13,17H2,1-4H3. The molecule has 0 aromatic heterocycles. The number of hydrogen-bond donors (Lipinski definition) is 0. The number of aryl methyl sites for hydroxylation is 2. The van der Waals surface area contributed by atoms with Gasteiger partial charge in [-0.05, 0) is 71.7 Å². The van der Waals surface area contributed by atoms with Crippen molar-refractivity contribution in [3.8, 4) is 16.9 Å². The highest BCUT2D eigenvalue weighted by atomic mass is 16.5. The molecule has 134 valence electrons. The lowest BCUT2D eigenvalue weighted by Gasteiger charge is -2.10. The Morgan fingerprint density at radius 2 is 1.19 bits per heavy atom. The predicted molar refractivity (Wildman–Crippen MR) is 111 cm³/mol. The molecule has 0 aliphatic rings. The van der Waals surface area contributed by atoms with E-state index in [1.165, 1.54) is 33.4 Å². The van der Waals surface area contributed by atoms with Crippen LogP contribution in [0.1, 0.15) is 36.1 Å². The molecule has 0 fully saturated rings. The minimum absolute atomic E-state index is 0.594. The van der Waals surface area contributed by atoms with Gasteiger partial charge in [0.05, 0.1) is 0 Å². The monoisotopic (exact) mass is 344 g/mol. The van der Waals surface area contributed by atoms with Crippen molar-refractivity contribution < 1.29 is 4.74 Å². The summed E-state index contributed by atoms with van der Waals surface area (Å²) in [6.45, 7) is 9.30. The molecule has 3 rings (SSSR count). The smallest absolute Gasteiger partial charge is 0.120 e. The number of rotatable bonds is 6. The van der Waals surface area contributed by atoms with E-state index < -0.39 is 0 Å². The normalized spacial score (nSPS) is 11.0. The SMILES string of the molecule is Cc1cc(C)cc(OCc2ccc(-c3ccc(CC(C)C)cc3)cc2)c1. The van der Waals surface area contributed by atoms with Crippen molar-refractivity contribution in [1.29, 1.82) is 0 Å². The minimum Gasteiger partial charge on any atom is -0.489 e. The average Bonchev–Trinajstić information content (AvgIpc) is 2.60. The van der Waals surface area contributed by atoms with Crippen molar-refractivity contribution in [3.05, 3.63) is 89.0 Å². The first-order chi connectivity index (χ1) is 12.5. The molecule has 0 aliphatic heterocycles. The van der Waals surface area contributed by atoms with Crippen LogP contribution in [0.5, 0.6) is 5.75 Å². The summed E-state index contributed by atoms with van der Waals surface area (Å²) in [6, 6.07) is 23.9. The Morgan fingerprint density at radius 1 is 0.692 bits per heavy atom. The topological polar surface area (TPSA) is 9.23 Å². The third kappa shape index (κ3) is 4.98. The summed E-state index contributed by atoms with van der Waals surface area (Å²) in [5, 5.41) is 0. The molecule has 0 heterocycles. The van der Waals surface area contributed by atoms with Crippen LogP contribution in [0.15, 0.2) is 66.7 Å². The molecule has 0 atom stereocenters. The van der Waals surface area contributed by atoms with E-state index in [2.05, 4.69) is 94.4 Å². The van der Waals surface area contributed by atoms with Gasteiger partial charge in [0, 0.05) is 0 Å². The molecule has 0 aliphatic carbocycles. The second kappa shape index (κ2) is 8.23. The maximum absolute atomic E-state index is 5.95. The van der Waals surface area contributed by atoms with Gasteiger partial charge in [0.25, 0.3) is 0 Å². The van der Waals surface area contributed by atoms with Crippen molar-refractivity contribution in [2.45, 2.75) is 40.7 Å². The Hall–Kier alpha value is -2.54. The summed E-state index contributed by atoms with van der Waals surface area (Å²) in [4.78, 5) is 0. The van der Waals surface area contributed by atoms with E-state index in [1.54, 1.807) is 0 Å². The summed E-state index contributed by atoms with van der Waals surface area (Å²) in [7, 11) is 0. The molecule has 1 nitrogen and oxygen atoms in total. The van der Waals surface area contributed by atoms with E-state index >= 15 is 0 Å². The third-order valence-corrected chi connectivity index (χ3v) is 4.49. The Bertz CT molecular complexity index is 822. The van der Waals surface area contributed by atoms with Gasteiger partial charge >= 0.3 is 0 Å². The van der Waals surface area contributed by atoms with Crippen LogP contribution in [0.2, 0.25) is 0 Å². The van der Waals surface area contributed by atoms with E-state index in [1.807, 2.05) is 0 Å². The number of hydrogen-bond acceptors (Lipinski definition) is 1. The Morgan fingerprint density at radius 3 is 1.69 bits per heavy atom. The lowest BCUT2D eigenvalue weighted by Crippen LogP contribution is -1.96. The van der Waals surface area contributed by atoms with Crippen molar-refractivity contribution in [2.24, 2.45) is 5.92 Å². The highest BCUT2D eigenvalue weighted by Crippen LogP contribution is 2.22. The van der Waals surface area contributed by atoms with Gasteiger partial charge < -0.3 is 4.74 Å². The first-order valence-corrected chi connectivity index (χ1v) is 9.39. The van der Waals surface area contributed by atoms with Crippen LogP contribution in [0, 0.1) is 19.8 Å². The second-order valence-corrected chi connectivity index (χ2v) is 7.60. The van der Waals surface area contributed by atoms with Crippen LogP contribution in [-0.4, -0.2) is 0 Å². The molecule has 3 aromatic rings. The lowest BCUT2D eigenvalue weighted by atomic mass is 9.99. The summed E-state index contributed by atoms with van der Waals surface area (Å²) in [6.07, 6.45) is 1.13. The van der Waals surface area contributed by atoms with Crippen LogP contribution in [0.4, 0.5) is 0 Å². The van der Waals surface area contributed by atoms with E-state index in [9.17, 15) is 0 Å². The summed E-state index contributed by atoms with van der Waals surface area (Å²) >= 11 is 0. The van der Waals surface area contributed by atoms with E-state index in [4.69, 9.17) is 4.74 Å². The van der Waals surface area contributed by atoms with E-state index in [0.717, 1.165) is 12.2 Å². The van der Waals surface area contributed by atoms with Crippen LogP contribution in [0.3, 0.4) is 0 Å². The van der Waals surface area contributed by atoms with Gasteiger partial charge in [0.2, 0.25) is 0 Å². The molecule has 0 unspecified atom stereocenters. The minimum atomic E-state index is 0.594. The van der Waals surface area contributed by atoms with Gasteiger partial charge in [-0.3, -0.25) is 0 Å². The Balaban J connectivity index is 1.64. The van der Waals surface area contributed by atoms with Crippen molar-refractivity contribution >= 4 is 0 Å². The fraction of sp³-hybridized carbons (Fsp3) is 0.280. The van der Waals surface area contributed by atoms with Crippen LogP contribution in [-0.2, 0) is 13.0 Å². The molecule has 1 heteroatoms. The molecular weight excluding hydrogens is 316 g/mol. The van der Waals surface area contributed by atoms with Gasteiger partial charge in [-0.25, -0.2) is 0 Å². The third-order valence-electron chi connectivity index (χ3n) is 4.49. The van der Waals surface area contributed by atoms with Gasteiger partial charge in [-0.2, -0.15) is 0 Å². The van der Waals surface area contributed by atoms with Crippen molar-refractivity contribution in [1.82, 2.24) is 0 Å². The highest BCUT2D eigenvalue weighted by Gasteiger charge is 2.02. The number of ether oxygens (including phenoxy) is 1. The zero-order chi connectivity index (χ0) is 18.5. The van der Waals surface area contributed by atoms with Crippen LogP contribution in [0.25, 0.3) is 11.1 Å². The number of benzene rings is 3. The van der Waals surface area contributed by atoms with E-state index in [0.29, 0.717) is 12.5 Å². The fourth-order valence-electron chi connectivity index (χ4n) is 3.28. The van der Waals surface area contributed by atoms with Gasteiger partial charge in [-0.1, -0.05) is 68.4 Å². The molecule has 26 heavy (non-hydrogen) atoms. The molecule has 3 aromatic carbocycles. The van der Waals surface area contributed by atoms with Crippen molar-refractivity contribution in [2.75, 3.05) is 0 Å². The fourth-order valence-corrected chi connectivity index (χ4v) is 3.28. The Labute approximate surface area is 157 Å². The molecular formula is C25H28O. The predicted octanol–water partition coefficient (Wildman–Crippen LogP) is 6.75. The second-order valence-electron chi connectivity index (χ2n) is 7.60. The highest BCUT2D eigenvalue weighted by molar-refractivity contribution is 5.64. The quantitative estimate of drug-likeness (QED) is 0.480. The van der Waals surface area contributed by atoms with E-state index in [-0.39, 0.29) is 0 Å². The van der Waals surface area contributed by atoms with Crippen LogP contribution < -0.4 is 4.74 Å². The van der Waals surface area contributed by atoms with Gasteiger partial charge in [0.15, 0.2) is 0 Å². The van der Waals surface area contributed by atoms with Gasteiger partial charge in [0.1, 0.15) is 12.4 Å². The summed E-state index contributed by atoms with van der Waals surface area (Å²) in [5.41, 5.74) is 7.56. The Kier molecular flexibility index (Phi) is 5.78. The van der Waals surface area contributed by atoms with Crippen molar-refractivity contribution in [3.63, 3.8) is 0 Å². The lowest BCUT2D eigenvalue weighted by molar-refractivity contribution is 0.306. The molecule has 0 radical (unpaired) electrons. The summed E-state index contributed by atoms with van der Waals surface area (Å²) in [5.74, 6) is 1.63. The molecule has 0 saturated heterocycles. The molecule has 0 amide bonds.